The van der Waals surface area contributed by atoms with Crippen molar-refractivity contribution in [3.8, 4) is 0 Å². The maximum Gasteiger partial charge on any atom is 0.263 e. The van der Waals surface area contributed by atoms with Gasteiger partial charge in [0.05, 0.1) is 23.7 Å². The summed E-state index contributed by atoms with van der Waals surface area (Å²) in [6, 6.07) is 3.33. The molecule has 4 heterocycles. The van der Waals surface area contributed by atoms with Crippen molar-refractivity contribution in [3.63, 3.8) is 0 Å². The first-order chi connectivity index (χ1) is 16.5. The van der Waals surface area contributed by atoms with Gasteiger partial charge >= 0.3 is 0 Å². The summed E-state index contributed by atoms with van der Waals surface area (Å²) < 4.78 is 5.67. The van der Waals surface area contributed by atoms with Crippen molar-refractivity contribution in [3.05, 3.63) is 60.1 Å². The molecule has 9 nitrogen and oxygen atoms in total. The number of nitrogens with two attached hydrogens (primary N) is 2. The van der Waals surface area contributed by atoms with Crippen LogP contribution in [0.1, 0.15) is 28.8 Å². The molecule has 6 N–H and O–H groups in total. The Morgan fingerprint density at radius 2 is 2.09 bits per heavy atom. The van der Waals surface area contributed by atoms with E-state index in [1.807, 2.05) is 30.4 Å². The Morgan fingerprint density at radius 3 is 2.82 bits per heavy atom. The molecule has 1 saturated carbocycles. The largest absolute Gasteiger partial charge is 0.438 e. The summed E-state index contributed by atoms with van der Waals surface area (Å²) in [6.07, 6.45) is 12.6. The maximum absolute atomic E-state index is 13.3. The molecular formula is C25H26N6O3. The topological polar surface area (TPSA) is 144 Å². The third kappa shape index (κ3) is 3.53. The van der Waals surface area contributed by atoms with Crippen LogP contribution in [0.3, 0.4) is 0 Å². The number of anilines is 3. The lowest BCUT2D eigenvalue weighted by Gasteiger charge is -2.42. The maximum atomic E-state index is 13.3. The molecule has 3 aromatic rings. The number of allylic oxidation sites excluding steroid dienone is 4. The molecular weight excluding hydrogens is 432 g/mol. The lowest BCUT2D eigenvalue weighted by molar-refractivity contribution is 0.0594. The number of aliphatic hydroxyl groups is 1. The number of hydrogen-bond acceptors (Lipinski definition) is 8. The molecule has 174 valence electrons. The zero-order chi connectivity index (χ0) is 23.4. The average molecular weight is 459 g/mol. The van der Waals surface area contributed by atoms with Crippen LogP contribution in [-0.4, -0.2) is 46.2 Å². The number of piperidine rings is 1. The summed E-state index contributed by atoms with van der Waals surface area (Å²) in [5.74, 6) is 0.210. The van der Waals surface area contributed by atoms with Gasteiger partial charge in [-0.3, -0.25) is 14.8 Å². The Morgan fingerprint density at radius 1 is 1.26 bits per heavy atom. The molecule has 0 radical (unpaired) electrons. The first-order valence-electron chi connectivity index (χ1n) is 11.5. The molecule has 0 bridgehead atoms. The normalized spacial score (nSPS) is 24.1. The number of nitrogen functional groups attached to an aromatic ring is 1. The number of nitrogens with zero attached hydrogens (tertiary/aromatic N) is 3. The molecule has 2 aliphatic carbocycles. The van der Waals surface area contributed by atoms with Gasteiger partial charge in [-0.15, -0.1) is 0 Å². The summed E-state index contributed by atoms with van der Waals surface area (Å²) in [6.45, 7) is 1.17. The van der Waals surface area contributed by atoms with E-state index in [2.05, 4.69) is 20.2 Å². The van der Waals surface area contributed by atoms with E-state index in [1.54, 1.807) is 18.6 Å². The standard InChI is InChI=1S/C25H26N6O3/c26-17-12-31(11-16(23(17)32)14-4-5-14)19-6-7-28-10-18(19)30-25(33)21-22-20(34-24(21)27)8-15(9-29-22)13-2-1-3-13/h1-3,6-10,14,16-17,23,32H,4-5,11-12,26-27H2,(H,30,33). The van der Waals surface area contributed by atoms with E-state index in [4.69, 9.17) is 15.9 Å². The molecule has 3 unspecified atom stereocenters. The second-order valence-corrected chi connectivity index (χ2v) is 9.30. The van der Waals surface area contributed by atoms with E-state index in [0.29, 0.717) is 35.8 Å². The van der Waals surface area contributed by atoms with Crippen LogP contribution in [0.25, 0.3) is 16.7 Å². The average Bonchev–Trinajstić information content (AvgIpc) is 3.56. The van der Waals surface area contributed by atoms with Crippen molar-refractivity contribution in [2.24, 2.45) is 17.6 Å². The first kappa shape index (κ1) is 20.9. The molecule has 9 heteroatoms. The van der Waals surface area contributed by atoms with Gasteiger partial charge in [0.1, 0.15) is 11.1 Å². The number of amides is 1. The molecule has 3 atom stereocenters. The zero-order valence-electron chi connectivity index (χ0n) is 18.5. The van der Waals surface area contributed by atoms with Crippen molar-refractivity contribution < 1.29 is 14.3 Å². The predicted molar refractivity (Wildman–Crippen MR) is 130 cm³/mol. The molecule has 2 fully saturated rings. The van der Waals surface area contributed by atoms with Crippen LogP contribution in [0.4, 0.5) is 17.3 Å². The Balaban J connectivity index is 1.28. The van der Waals surface area contributed by atoms with Crippen LogP contribution < -0.4 is 21.7 Å². The van der Waals surface area contributed by atoms with Crippen molar-refractivity contribution in [2.75, 3.05) is 29.0 Å². The van der Waals surface area contributed by atoms with Gasteiger partial charge < -0.3 is 31.2 Å². The van der Waals surface area contributed by atoms with Gasteiger partial charge in [-0.05, 0) is 36.5 Å². The number of furan rings is 1. The van der Waals surface area contributed by atoms with Crippen LogP contribution in [0, 0.1) is 11.8 Å². The van der Waals surface area contributed by atoms with Crippen molar-refractivity contribution >= 4 is 39.8 Å². The van der Waals surface area contributed by atoms with Gasteiger partial charge in [0.25, 0.3) is 5.91 Å². The van der Waals surface area contributed by atoms with E-state index in [0.717, 1.165) is 29.7 Å². The van der Waals surface area contributed by atoms with Crippen LogP contribution in [-0.2, 0) is 0 Å². The fourth-order valence-electron chi connectivity index (χ4n) is 4.97. The molecule has 1 aliphatic heterocycles. The molecule has 6 rings (SSSR count). The van der Waals surface area contributed by atoms with Gasteiger partial charge in [-0.25, -0.2) is 0 Å². The van der Waals surface area contributed by atoms with Crippen molar-refractivity contribution in [2.45, 2.75) is 25.0 Å². The number of aromatic nitrogens is 2. The van der Waals surface area contributed by atoms with Gasteiger partial charge in [-0.1, -0.05) is 18.2 Å². The minimum absolute atomic E-state index is 0.0117. The number of carbonyl (C=O) groups excluding carboxylic acids is 1. The van der Waals surface area contributed by atoms with E-state index < -0.39 is 12.0 Å². The highest BCUT2D eigenvalue weighted by atomic mass is 16.3. The summed E-state index contributed by atoms with van der Waals surface area (Å²) >= 11 is 0. The molecule has 3 aliphatic rings. The SMILES string of the molecule is Nc1oc2cc(C3=CC=C3)cnc2c1C(=O)Nc1cnccc1N1CC(N)C(O)C(C2CC2)C1. The predicted octanol–water partition coefficient (Wildman–Crippen LogP) is 2.54. The number of hydrogen-bond donors (Lipinski definition) is 4. The van der Waals surface area contributed by atoms with Crippen LogP contribution in [0.15, 0.2) is 53.4 Å². The quantitative estimate of drug-likeness (QED) is 0.457. The Hall–Kier alpha value is -3.69. The molecule has 34 heavy (non-hydrogen) atoms. The van der Waals surface area contributed by atoms with Gasteiger partial charge in [-0.2, -0.15) is 0 Å². The second kappa shape index (κ2) is 7.96. The van der Waals surface area contributed by atoms with E-state index in [-0.39, 0.29) is 23.4 Å². The highest BCUT2D eigenvalue weighted by Gasteiger charge is 2.43. The number of aliphatic hydroxyl groups excluding tert-OH is 1. The fourth-order valence-corrected chi connectivity index (χ4v) is 4.97. The van der Waals surface area contributed by atoms with Gasteiger partial charge in [0.2, 0.25) is 5.88 Å². The third-order valence-electron chi connectivity index (χ3n) is 7.02. The summed E-state index contributed by atoms with van der Waals surface area (Å²) in [7, 11) is 0. The second-order valence-electron chi connectivity index (χ2n) is 9.30. The van der Waals surface area contributed by atoms with E-state index in [9.17, 15) is 9.90 Å². The number of fused-ring (bicyclic) bond motifs is 1. The highest BCUT2D eigenvalue weighted by molar-refractivity contribution is 6.15. The Bertz CT molecular complexity index is 1340. The number of pyridine rings is 2. The van der Waals surface area contributed by atoms with Crippen LogP contribution >= 0.6 is 0 Å². The first-order valence-corrected chi connectivity index (χ1v) is 11.5. The minimum atomic E-state index is -0.511. The monoisotopic (exact) mass is 458 g/mol. The molecule has 1 saturated heterocycles. The number of carbonyl (C=O) groups is 1. The summed E-state index contributed by atoms with van der Waals surface area (Å²) in [4.78, 5) is 24.1. The van der Waals surface area contributed by atoms with Gasteiger partial charge in [0, 0.05) is 43.0 Å². The van der Waals surface area contributed by atoms with E-state index >= 15 is 0 Å². The zero-order valence-corrected chi connectivity index (χ0v) is 18.5. The number of rotatable bonds is 5. The molecule has 0 aromatic carbocycles. The van der Waals surface area contributed by atoms with Gasteiger partial charge in [0.15, 0.2) is 5.58 Å². The Labute approximate surface area is 196 Å². The molecule has 3 aromatic heterocycles. The molecule has 0 spiro atoms. The molecule has 1 amide bonds. The number of nitrogens with one attached hydrogen (secondary N) is 1. The van der Waals surface area contributed by atoms with Crippen LogP contribution in [0.2, 0.25) is 0 Å². The van der Waals surface area contributed by atoms with E-state index in [1.165, 1.54) is 0 Å². The van der Waals surface area contributed by atoms with Crippen molar-refractivity contribution in [1.29, 1.82) is 0 Å². The smallest absolute Gasteiger partial charge is 0.263 e. The third-order valence-corrected chi connectivity index (χ3v) is 7.02. The fraction of sp³-hybridized carbons (Fsp3) is 0.320. The summed E-state index contributed by atoms with van der Waals surface area (Å²) in [5.41, 5.74) is 16.7. The lowest BCUT2D eigenvalue weighted by atomic mass is 9.87. The van der Waals surface area contributed by atoms with Crippen molar-refractivity contribution in [1.82, 2.24) is 9.97 Å². The lowest BCUT2D eigenvalue weighted by Crippen LogP contribution is -2.57. The summed E-state index contributed by atoms with van der Waals surface area (Å²) in [5, 5.41) is 13.5. The van der Waals surface area contributed by atoms with Crippen LogP contribution in [0.5, 0.6) is 0 Å². The highest BCUT2D eigenvalue weighted by Crippen LogP contribution is 2.42. The minimum Gasteiger partial charge on any atom is -0.438 e. The Kier molecular flexibility index (Phi) is 4.89.